The van der Waals surface area contributed by atoms with Crippen LogP contribution in [-0.4, -0.2) is 113 Å². The van der Waals surface area contributed by atoms with Crippen LogP contribution in [0.4, 0.5) is 4.79 Å². The number of carbonyl (C=O) groups is 5. The molecule has 55 heavy (non-hydrogen) atoms. The molecule has 0 aromatic heterocycles. The summed E-state index contributed by atoms with van der Waals surface area (Å²) in [7, 11) is 0. The number of fused-ring (bicyclic) bond motifs is 2. The lowest BCUT2D eigenvalue weighted by atomic mass is 9.93. The highest BCUT2D eigenvalue weighted by Gasteiger charge is 2.62. The van der Waals surface area contributed by atoms with Gasteiger partial charge in [-0.25, -0.2) is 9.59 Å². The SMILES string of the molecule is CC(=O)O[C@@H]1[C@@H](OC(C)=O)[C@H](S[C@H]2[C@H]3OC(c4ccccc4)OC[C@H]3O[C@@H](OC(C)(C)C(C)C)[C@@H]2OC(=O)c2ccccc2)N2C(=O)OC[C@@H]2[C@H]1OC(C)=O. The third-order valence-corrected chi connectivity index (χ3v) is 11.8. The standard InChI is InChI=1S/C39H47NO14S/c1-20(2)39(6,7)54-37-32(52-35(44)24-14-10-8-11-15-24)33(29-27(51-37)19-46-36(53-29)25-16-12-9-13-17-25)55-34-31(50-23(5)43)30(49-22(4)42)28(48-21(3)41)26-18-47-38(45)40(26)34/h8-17,20,26-34,36-37H,18-19H2,1-7H3/t26-,27-,28-,29+,30+,31-,32-,33+,34+,36?,37+/m1/s1. The normalized spacial score (nSPS) is 31.7. The molecule has 0 saturated carbocycles. The van der Waals surface area contributed by atoms with Crippen molar-refractivity contribution in [1.82, 2.24) is 4.90 Å². The van der Waals surface area contributed by atoms with E-state index in [9.17, 15) is 24.0 Å². The van der Waals surface area contributed by atoms with E-state index >= 15 is 0 Å². The molecule has 11 atom stereocenters. The van der Waals surface area contributed by atoms with Gasteiger partial charge in [0.15, 0.2) is 37.0 Å². The molecule has 1 unspecified atom stereocenters. The molecule has 4 fully saturated rings. The molecular weight excluding hydrogens is 738 g/mol. The Labute approximate surface area is 323 Å². The summed E-state index contributed by atoms with van der Waals surface area (Å²) in [5.41, 5.74) is 0.197. The number of piperidine rings is 1. The van der Waals surface area contributed by atoms with Crippen molar-refractivity contribution < 1.29 is 66.6 Å². The van der Waals surface area contributed by atoms with E-state index in [0.717, 1.165) is 17.3 Å². The summed E-state index contributed by atoms with van der Waals surface area (Å²) in [5, 5.41) is -2.09. The molecule has 0 N–H and O–H groups in total. The minimum atomic E-state index is -1.40. The van der Waals surface area contributed by atoms with Crippen LogP contribution in [0, 0.1) is 5.92 Å². The molecule has 4 aliphatic rings. The lowest BCUT2D eigenvalue weighted by molar-refractivity contribution is -0.348. The van der Waals surface area contributed by atoms with Gasteiger partial charge in [-0.1, -0.05) is 62.4 Å². The summed E-state index contributed by atoms with van der Waals surface area (Å²) in [5.74, 6) is -2.91. The average Bonchev–Trinajstić information content (AvgIpc) is 3.52. The van der Waals surface area contributed by atoms with Gasteiger partial charge >= 0.3 is 30.0 Å². The first-order valence-corrected chi connectivity index (χ1v) is 19.1. The highest BCUT2D eigenvalue weighted by atomic mass is 32.2. The van der Waals surface area contributed by atoms with E-state index in [1.807, 2.05) is 58.0 Å². The van der Waals surface area contributed by atoms with Crippen molar-refractivity contribution in [3.05, 3.63) is 71.8 Å². The molecule has 2 aromatic carbocycles. The fourth-order valence-corrected chi connectivity index (χ4v) is 8.70. The van der Waals surface area contributed by atoms with Crippen molar-refractivity contribution in [1.29, 1.82) is 0 Å². The molecule has 0 aliphatic carbocycles. The van der Waals surface area contributed by atoms with Crippen molar-refractivity contribution in [2.75, 3.05) is 13.2 Å². The zero-order chi connectivity index (χ0) is 39.6. The minimum absolute atomic E-state index is 0.0127. The van der Waals surface area contributed by atoms with Gasteiger partial charge in [0.25, 0.3) is 0 Å². The van der Waals surface area contributed by atoms with Gasteiger partial charge in [-0.05, 0) is 31.9 Å². The Kier molecular flexibility index (Phi) is 12.4. The van der Waals surface area contributed by atoms with Gasteiger partial charge < -0.3 is 42.6 Å². The van der Waals surface area contributed by atoms with E-state index in [2.05, 4.69) is 0 Å². The maximum atomic E-state index is 13.9. The molecular formula is C39H47NO14S. The minimum Gasteiger partial charge on any atom is -0.456 e. The molecule has 4 aliphatic heterocycles. The van der Waals surface area contributed by atoms with Crippen LogP contribution < -0.4 is 0 Å². The van der Waals surface area contributed by atoms with Crippen molar-refractivity contribution in [2.45, 2.75) is 120 Å². The average molecular weight is 786 g/mol. The zero-order valence-electron chi connectivity index (χ0n) is 31.7. The number of ether oxygens (including phenoxy) is 9. The van der Waals surface area contributed by atoms with Crippen molar-refractivity contribution >= 4 is 41.7 Å². The monoisotopic (exact) mass is 785 g/mol. The van der Waals surface area contributed by atoms with Gasteiger partial charge in [-0.3, -0.25) is 19.3 Å². The predicted octanol–water partition coefficient (Wildman–Crippen LogP) is 4.56. The van der Waals surface area contributed by atoms with Crippen LogP contribution in [0.2, 0.25) is 0 Å². The molecule has 4 heterocycles. The van der Waals surface area contributed by atoms with Crippen molar-refractivity contribution in [2.24, 2.45) is 5.92 Å². The Bertz CT molecular complexity index is 1710. The zero-order valence-corrected chi connectivity index (χ0v) is 32.5. The second-order valence-electron chi connectivity index (χ2n) is 14.6. The molecule has 4 saturated heterocycles. The maximum Gasteiger partial charge on any atom is 0.411 e. The van der Waals surface area contributed by atoms with Crippen LogP contribution in [0.25, 0.3) is 0 Å². The summed E-state index contributed by atoms with van der Waals surface area (Å²) < 4.78 is 55.2. The summed E-state index contributed by atoms with van der Waals surface area (Å²) >= 11 is 1.09. The summed E-state index contributed by atoms with van der Waals surface area (Å²) in [6.45, 7) is 11.1. The lowest BCUT2D eigenvalue weighted by Gasteiger charge is -2.53. The van der Waals surface area contributed by atoms with E-state index in [-0.39, 0.29) is 24.7 Å². The van der Waals surface area contributed by atoms with Crippen LogP contribution in [-0.2, 0) is 57.0 Å². The molecule has 2 aromatic rings. The van der Waals surface area contributed by atoms with E-state index < -0.39 is 101 Å². The van der Waals surface area contributed by atoms with Crippen LogP contribution >= 0.6 is 11.8 Å². The van der Waals surface area contributed by atoms with E-state index in [1.165, 1.54) is 25.7 Å². The third-order valence-electron chi connectivity index (χ3n) is 10.1. The number of carbonyl (C=O) groups excluding carboxylic acids is 5. The Balaban J connectivity index is 1.48. The number of hydrogen-bond acceptors (Lipinski definition) is 15. The first-order valence-electron chi connectivity index (χ1n) is 18.2. The Morgan fingerprint density at radius 2 is 1.38 bits per heavy atom. The number of hydrogen-bond donors (Lipinski definition) is 0. The Hall–Kier alpha value is -4.22. The predicted molar refractivity (Wildman–Crippen MR) is 193 cm³/mol. The van der Waals surface area contributed by atoms with E-state index in [4.69, 9.17) is 42.6 Å². The van der Waals surface area contributed by atoms with Gasteiger partial charge in [-0.2, -0.15) is 0 Å². The third kappa shape index (κ3) is 8.93. The highest BCUT2D eigenvalue weighted by Crippen LogP contribution is 2.47. The van der Waals surface area contributed by atoms with Crippen LogP contribution in [0.15, 0.2) is 60.7 Å². The quantitative estimate of drug-likeness (QED) is 0.229. The Morgan fingerprint density at radius 1 is 0.782 bits per heavy atom. The van der Waals surface area contributed by atoms with Gasteiger partial charge in [0.2, 0.25) is 0 Å². The van der Waals surface area contributed by atoms with Gasteiger partial charge in [-0.15, -0.1) is 11.8 Å². The number of rotatable bonds is 11. The molecule has 0 bridgehead atoms. The molecule has 15 nitrogen and oxygen atoms in total. The van der Waals surface area contributed by atoms with Gasteiger partial charge in [0.1, 0.15) is 30.2 Å². The molecule has 298 valence electrons. The molecule has 16 heteroatoms. The van der Waals surface area contributed by atoms with E-state index in [1.54, 1.807) is 30.3 Å². The molecule has 0 spiro atoms. The Morgan fingerprint density at radius 3 is 2.00 bits per heavy atom. The number of esters is 4. The number of cyclic esters (lactones) is 1. The maximum absolute atomic E-state index is 13.9. The fourth-order valence-electron chi connectivity index (χ4n) is 6.91. The van der Waals surface area contributed by atoms with Gasteiger partial charge in [0.05, 0.1) is 23.0 Å². The van der Waals surface area contributed by atoms with Crippen molar-refractivity contribution in [3.63, 3.8) is 0 Å². The molecule has 0 radical (unpaired) electrons. The number of nitrogens with zero attached hydrogens (tertiary/aromatic N) is 1. The fraction of sp³-hybridized carbons (Fsp3) is 0.564. The van der Waals surface area contributed by atoms with Crippen LogP contribution in [0.5, 0.6) is 0 Å². The lowest BCUT2D eigenvalue weighted by Crippen LogP contribution is -2.69. The van der Waals surface area contributed by atoms with Gasteiger partial charge in [0, 0.05) is 26.3 Å². The number of thioether (sulfide) groups is 1. The first-order chi connectivity index (χ1) is 26.1. The smallest absolute Gasteiger partial charge is 0.411 e. The second kappa shape index (κ2) is 16.9. The van der Waals surface area contributed by atoms with Crippen molar-refractivity contribution in [3.8, 4) is 0 Å². The molecule has 1 amide bonds. The number of benzene rings is 2. The summed E-state index contributed by atoms with van der Waals surface area (Å²) in [6.07, 6.45) is -9.71. The topological polar surface area (TPSA) is 172 Å². The van der Waals surface area contributed by atoms with E-state index in [0.29, 0.717) is 0 Å². The number of amides is 1. The van der Waals surface area contributed by atoms with Crippen LogP contribution in [0.3, 0.4) is 0 Å². The van der Waals surface area contributed by atoms with Crippen LogP contribution in [0.1, 0.15) is 70.7 Å². The second-order valence-corrected chi connectivity index (χ2v) is 15.9. The molecule has 6 rings (SSSR count). The summed E-state index contributed by atoms with van der Waals surface area (Å²) in [6, 6.07) is 16.7. The summed E-state index contributed by atoms with van der Waals surface area (Å²) in [4.78, 5) is 66.7. The first kappa shape index (κ1) is 40.4. The highest BCUT2D eigenvalue weighted by molar-refractivity contribution is 8.00. The largest absolute Gasteiger partial charge is 0.456 e.